The van der Waals surface area contributed by atoms with Gasteiger partial charge in [0.05, 0.1) is 10.7 Å². The van der Waals surface area contributed by atoms with Crippen molar-refractivity contribution in [1.82, 2.24) is 9.62 Å². The largest absolute Gasteiger partial charge is 0.301 e. The zero-order chi connectivity index (χ0) is 19.3. The summed E-state index contributed by atoms with van der Waals surface area (Å²) >= 11 is 0. The third-order valence-electron chi connectivity index (χ3n) is 3.86. The Labute approximate surface area is 151 Å². The van der Waals surface area contributed by atoms with E-state index in [2.05, 4.69) is 4.72 Å². The van der Waals surface area contributed by atoms with Crippen LogP contribution in [0.5, 0.6) is 0 Å². The highest BCUT2D eigenvalue weighted by molar-refractivity contribution is 7.88. The summed E-state index contributed by atoms with van der Waals surface area (Å²) < 4.78 is 40.6. The van der Waals surface area contributed by atoms with E-state index < -0.39 is 14.9 Å². The van der Waals surface area contributed by atoms with E-state index in [9.17, 15) is 22.9 Å². The van der Waals surface area contributed by atoms with Crippen molar-refractivity contribution in [3.8, 4) is 0 Å². The fourth-order valence-corrected chi connectivity index (χ4v) is 3.65. The number of benzene rings is 2. The number of rotatable bonds is 8. The van der Waals surface area contributed by atoms with Crippen molar-refractivity contribution in [3.05, 3.63) is 75.6 Å². The Morgan fingerprint density at radius 2 is 1.85 bits per heavy atom. The van der Waals surface area contributed by atoms with Crippen LogP contribution in [0.25, 0.3) is 0 Å². The first kappa shape index (κ1) is 20.0. The lowest BCUT2D eigenvalue weighted by Gasteiger charge is -2.25. The molecule has 9 heteroatoms. The summed E-state index contributed by atoms with van der Waals surface area (Å²) in [6.07, 6.45) is 0. The van der Waals surface area contributed by atoms with Gasteiger partial charge in [-0.25, -0.2) is 17.5 Å². The van der Waals surface area contributed by atoms with E-state index in [4.69, 9.17) is 0 Å². The predicted molar refractivity (Wildman–Crippen MR) is 96.6 cm³/mol. The predicted octanol–water partition coefficient (Wildman–Crippen LogP) is 2.46. The maximum Gasteiger partial charge on any atom is 0.269 e. The van der Waals surface area contributed by atoms with Crippen molar-refractivity contribution in [2.45, 2.75) is 11.8 Å². The number of nitro benzene ring substituents is 1. The van der Waals surface area contributed by atoms with Crippen LogP contribution in [0.3, 0.4) is 0 Å². The maximum atomic E-state index is 13.4. The van der Waals surface area contributed by atoms with Crippen LogP contribution in [0.1, 0.15) is 17.2 Å². The van der Waals surface area contributed by atoms with E-state index in [0.717, 1.165) is 0 Å². The Morgan fingerprint density at radius 1 is 1.19 bits per heavy atom. The lowest BCUT2D eigenvalue weighted by atomic mass is 10.1. The Morgan fingerprint density at radius 3 is 2.38 bits per heavy atom. The summed E-state index contributed by atoms with van der Waals surface area (Å²) in [7, 11) is -0.0988. The fourth-order valence-electron chi connectivity index (χ4n) is 2.50. The molecule has 0 amide bonds. The van der Waals surface area contributed by atoms with E-state index >= 15 is 0 Å². The fraction of sp³-hybridized carbons (Fsp3) is 0.294. The number of non-ortho nitro benzene ring substituents is 1. The van der Waals surface area contributed by atoms with Crippen molar-refractivity contribution in [3.63, 3.8) is 0 Å². The molecule has 0 spiro atoms. The molecule has 2 rings (SSSR count). The molecule has 7 nitrogen and oxygen atoms in total. The van der Waals surface area contributed by atoms with Crippen molar-refractivity contribution in [2.24, 2.45) is 0 Å². The summed E-state index contributed by atoms with van der Waals surface area (Å²) in [5.41, 5.74) is 1.00. The third kappa shape index (κ3) is 5.58. The zero-order valence-corrected chi connectivity index (χ0v) is 15.2. The van der Waals surface area contributed by atoms with E-state index in [1.807, 2.05) is 0 Å². The number of hydrogen-bond acceptors (Lipinski definition) is 5. The summed E-state index contributed by atoms with van der Waals surface area (Å²) in [5, 5.41) is 10.6. The number of hydrogen-bond donors (Lipinski definition) is 1. The van der Waals surface area contributed by atoms with Crippen LogP contribution in [0.4, 0.5) is 10.1 Å². The molecule has 0 radical (unpaired) electrons. The van der Waals surface area contributed by atoms with Crippen LogP contribution in [-0.4, -0.2) is 38.9 Å². The molecule has 0 aromatic heterocycles. The first-order chi connectivity index (χ1) is 12.2. The Kier molecular flexibility index (Phi) is 6.41. The van der Waals surface area contributed by atoms with Crippen LogP contribution in [0, 0.1) is 15.9 Å². The van der Waals surface area contributed by atoms with Gasteiger partial charge in [0.25, 0.3) is 5.69 Å². The molecule has 0 bridgehead atoms. The van der Waals surface area contributed by atoms with Crippen LogP contribution in [0.15, 0.2) is 48.5 Å². The Bertz CT molecular complexity index is 870. The molecule has 1 N–H and O–H groups in total. The molecule has 1 unspecified atom stereocenters. The first-order valence-corrected chi connectivity index (χ1v) is 9.46. The van der Waals surface area contributed by atoms with Crippen LogP contribution < -0.4 is 4.72 Å². The molecule has 0 saturated carbocycles. The zero-order valence-electron chi connectivity index (χ0n) is 14.4. The van der Waals surface area contributed by atoms with E-state index in [1.165, 1.54) is 36.4 Å². The maximum absolute atomic E-state index is 13.4. The van der Waals surface area contributed by atoms with Gasteiger partial charge >= 0.3 is 0 Å². The molecule has 0 aliphatic rings. The highest BCUT2D eigenvalue weighted by Crippen LogP contribution is 2.19. The van der Waals surface area contributed by atoms with E-state index in [-0.39, 0.29) is 29.8 Å². The molecular weight excluding hydrogens is 361 g/mol. The molecule has 26 heavy (non-hydrogen) atoms. The second kappa shape index (κ2) is 8.35. The van der Waals surface area contributed by atoms with Gasteiger partial charge in [-0.1, -0.05) is 24.3 Å². The normalized spacial score (nSPS) is 12.9. The molecule has 0 aliphatic carbocycles. The summed E-state index contributed by atoms with van der Waals surface area (Å²) in [4.78, 5) is 11.9. The number of nitro groups is 1. The topological polar surface area (TPSA) is 92.6 Å². The van der Waals surface area contributed by atoms with Gasteiger partial charge in [0.15, 0.2) is 0 Å². The molecule has 2 aromatic rings. The van der Waals surface area contributed by atoms with Crippen LogP contribution in [-0.2, 0) is 15.8 Å². The average Bonchev–Trinajstić information content (AvgIpc) is 2.54. The van der Waals surface area contributed by atoms with Gasteiger partial charge in [-0.15, -0.1) is 0 Å². The SMILES string of the molecule is CN(C)C(CNS(=O)(=O)Cc1ccc([N+](=O)[O-])cc1)c1cccc(F)c1. The second-order valence-corrected chi connectivity index (χ2v) is 7.87. The number of likely N-dealkylation sites (N-methyl/N-ethyl adjacent to an activating group) is 1. The first-order valence-electron chi connectivity index (χ1n) is 7.80. The van der Waals surface area contributed by atoms with Crippen LogP contribution in [0.2, 0.25) is 0 Å². The van der Waals surface area contributed by atoms with Crippen molar-refractivity contribution >= 4 is 15.7 Å². The lowest BCUT2D eigenvalue weighted by Crippen LogP contribution is -2.35. The van der Waals surface area contributed by atoms with Gasteiger partial charge in [-0.3, -0.25) is 10.1 Å². The molecule has 1 atom stereocenters. The second-order valence-electron chi connectivity index (χ2n) is 6.07. The molecule has 2 aromatic carbocycles. The minimum absolute atomic E-state index is 0.0752. The molecule has 0 aliphatic heterocycles. The summed E-state index contributed by atoms with van der Waals surface area (Å²) in [6.45, 7) is 0.0752. The smallest absolute Gasteiger partial charge is 0.269 e. The van der Waals surface area contributed by atoms with Gasteiger partial charge < -0.3 is 4.90 Å². The number of sulfonamides is 1. The van der Waals surface area contributed by atoms with E-state index in [0.29, 0.717) is 11.1 Å². The third-order valence-corrected chi connectivity index (χ3v) is 5.18. The molecule has 140 valence electrons. The van der Waals surface area contributed by atoms with Crippen molar-refractivity contribution in [1.29, 1.82) is 0 Å². The summed E-state index contributed by atoms with van der Waals surface area (Å²) in [5.74, 6) is -0.683. The van der Waals surface area contributed by atoms with Gasteiger partial charge in [-0.05, 0) is 37.4 Å². The average molecular weight is 381 g/mol. The Balaban J connectivity index is 2.06. The van der Waals surface area contributed by atoms with Gasteiger partial charge in [0, 0.05) is 24.7 Å². The van der Waals surface area contributed by atoms with Gasteiger partial charge in [0.1, 0.15) is 5.82 Å². The van der Waals surface area contributed by atoms with Crippen molar-refractivity contribution in [2.75, 3.05) is 20.6 Å². The lowest BCUT2D eigenvalue weighted by molar-refractivity contribution is -0.384. The highest BCUT2D eigenvalue weighted by atomic mass is 32.2. The molecule has 0 heterocycles. The summed E-state index contributed by atoms with van der Waals surface area (Å²) in [6, 6.07) is 11.0. The quantitative estimate of drug-likeness (QED) is 0.560. The van der Waals surface area contributed by atoms with Gasteiger partial charge in [0.2, 0.25) is 10.0 Å². The van der Waals surface area contributed by atoms with E-state index in [1.54, 1.807) is 31.1 Å². The number of nitrogens with zero attached hydrogens (tertiary/aromatic N) is 2. The van der Waals surface area contributed by atoms with Crippen molar-refractivity contribution < 1.29 is 17.7 Å². The number of nitrogens with one attached hydrogen (secondary N) is 1. The standard InChI is InChI=1S/C17H20FN3O4S/c1-20(2)17(14-4-3-5-15(18)10-14)11-19-26(24,25)12-13-6-8-16(9-7-13)21(22)23/h3-10,17,19H,11-12H2,1-2H3. The molecular formula is C17H20FN3O4S. The minimum atomic E-state index is -3.65. The highest BCUT2D eigenvalue weighted by Gasteiger charge is 2.19. The number of halogens is 1. The van der Waals surface area contributed by atoms with Crippen LogP contribution >= 0.6 is 0 Å². The Hall–Kier alpha value is -2.36. The molecule has 0 fully saturated rings. The van der Waals surface area contributed by atoms with Gasteiger partial charge in [-0.2, -0.15) is 0 Å². The molecule has 0 saturated heterocycles. The minimum Gasteiger partial charge on any atom is -0.301 e. The monoisotopic (exact) mass is 381 g/mol.